The van der Waals surface area contributed by atoms with E-state index in [9.17, 15) is 81.7 Å². The van der Waals surface area contributed by atoms with E-state index in [1.54, 1.807) is 13.8 Å². The summed E-state index contributed by atoms with van der Waals surface area (Å²) < 4.78 is 50.8. The zero-order valence-corrected chi connectivity index (χ0v) is 31.4. The summed E-state index contributed by atoms with van der Waals surface area (Å²) in [5.41, 5.74) is 0. The number of hydrogen-bond acceptors (Lipinski definition) is 25. The second-order valence-corrected chi connectivity index (χ2v) is 15.3. The maximum Gasteiger partial charge on any atom is 0.187 e. The van der Waals surface area contributed by atoms with Crippen LogP contribution < -0.4 is 0 Å². The van der Waals surface area contributed by atoms with E-state index in [1.807, 2.05) is 0 Å². The van der Waals surface area contributed by atoms with Crippen LogP contribution >= 0.6 is 0 Å². The predicted molar refractivity (Wildman–Crippen MR) is 179 cm³/mol. The Labute approximate surface area is 330 Å². The van der Waals surface area contributed by atoms with Gasteiger partial charge >= 0.3 is 0 Å². The van der Waals surface area contributed by atoms with E-state index in [4.69, 9.17) is 42.6 Å². The highest BCUT2D eigenvalue weighted by Crippen LogP contribution is 2.34. The van der Waals surface area contributed by atoms with Crippen molar-refractivity contribution in [3.63, 3.8) is 0 Å². The SMILES string of the molecule is CC(C)[C@H]1OC(CO[C@H]2OC(CO[C@H]3OC(CO)[C@@H](O)[C@H](O)C3O[C@H]3OC(CO)[C@@H](O)[C@H](O)C3O[C@H]3OC(CO)[C@@H](O)[C@H](O)C3O)[C@@H](O)[C@H](O)C2O)[C@@H](O)[C@H](O)C1O. The van der Waals surface area contributed by atoms with Crippen molar-refractivity contribution < 1.29 is 124 Å². The van der Waals surface area contributed by atoms with E-state index >= 15 is 0 Å². The molecule has 0 radical (unpaired) electrons. The van der Waals surface area contributed by atoms with E-state index in [2.05, 4.69) is 0 Å². The number of aliphatic hydroxyl groups excluding tert-OH is 16. The van der Waals surface area contributed by atoms with Crippen molar-refractivity contribution in [3.8, 4) is 0 Å². The molecule has 58 heavy (non-hydrogen) atoms. The van der Waals surface area contributed by atoms with Crippen LogP contribution in [-0.2, 0) is 42.6 Å². The summed E-state index contributed by atoms with van der Waals surface area (Å²) >= 11 is 0. The molecule has 0 aromatic carbocycles. The van der Waals surface area contributed by atoms with Crippen molar-refractivity contribution in [1.29, 1.82) is 0 Å². The first-order valence-electron chi connectivity index (χ1n) is 18.8. The first-order valence-corrected chi connectivity index (χ1v) is 18.8. The second kappa shape index (κ2) is 20.5. The molecular weight excluding hydrogens is 796 g/mol. The Bertz CT molecular complexity index is 1250. The van der Waals surface area contributed by atoms with Crippen LogP contribution in [0.15, 0.2) is 0 Å². The lowest BCUT2D eigenvalue weighted by Crippen LogP contribution is -2.67. The molecule has 5 heterocycles. The normalized spacial score (nSPS) is 51.9. The zero-order valence-electron chi connectivity index (χ0n) is 31.4. The predicted octanol–water partition coefficient (Wildman–Crippen LogP) is -10.2. The molecule has 340 valence electrons. The van der Waals surface area contributed by atoms with Crippen LogP contribution in [0.5, 0.6) is 0 Å². The number of aliphatic hydroxyl groups is 16. The van der Waals surface area contributed by atoms with Gasteiger partial charge in [-0.05, 0) is 5.92 Å². The van der Waals surface area contributed by atoms with Crippen LogP contribution in [0.25, 0.3) is 0 Å². The van der Waals surface area contributed by atoms with Gasteiger partial charge in [-0.25, -0.2) is 0 Å². The monoisotopic (exact) mass is 854 g/mol. The fraction of sp³-hybridized carbons (Fsp3) is 1.00. The Morgan fingerprint density at radius 1 is 0.362 bits per heavy atom. The van der Waals surface area contributed by atoms with E-state index < -0.39 is 186 Å². The Balaban J connectivity index is 1.31. The third-order valence-corrected chi connectivity index (χ3v) is 11.0. The second-order valence-electron chi connectivity index (χ2n) is 15.3. The molecule has 5 fully saturated rings. The van der Waals surface area contributed by atoms with Gasteiger partial charge in [0.25, 0.3) is 0 Å². The van der Waals surface area contributed by atoms with E-state index in [-0.39, 0.29) is 5.92 Å². The molecule has 10 unspecified atom stereocenters. The molecule has 25 heteroatoms. The molecule has 25 atom stereocenters. The fourth-order valence-corrected chi connectivity index (χ4v) is 7.38. The lowest BCUT2D eigenvalue weighted by molar-refractivity contribution is -0.395. The Kier molecular flexibility index (Phi) is 16.9. The van der Waals surface area contributed by atoms with Crippen molar-refractivity contribution in [2.75, 3.05) is 33.0 Å². The first-order chi connectivity index (χ1) is 27.4. The minimum absolute atomic E-state index is 0.298. The highest BCUT2D eigenvalue weighted by Gasteiger charge is 2.55. The zero-order chi connectivity index (χ0) is 42.9. The lowest BCUT2D eigenvalue weighted by atomic mass is 9.89. The van der Waals surface area contributed by atoms with Gasteiger partial charge in [0.2, 0.25) is 0 Å². The molecule has 0 amide bonds. The highest BCUT2D eigenvalue weighted by atomic mass is 16.8. The molecule has 0 bridgehead atoms. The summed E-state index contributed by atoms with van der Waals surface area (Å²) in [5.74, 6) is -0.298. The molecule has 0 aliphatic carbocycles. The third kappa shape index (κ3) is 9.94. The van der Waals surface area contributed by atoms with Gasteiger partial charge in [-0.3, -0.25) is 0 Å². The average Bonchev–Trinajstić information content (AvgIpc) is 3.20. The average molecular weight is 855 g/mol. The summed E-state index contributed by atoms with van der Waals surface area (Å²) in [6.07, 6.45) is -43.5. The molecular formula is C33H58O25. The van der Waals surface area contributed by atoms with Crippen LogP contribution in [0, 0.1) is 5.92 Å². The van der Waals surface area contributed by atoms with Crippen LogP contribution in [0.1, 0.15) is 13.8 Å². The Morgan fingerprint density at radius 2 is 0.707 bits per heavy atom. The van der Waals surface area contributed by atoms with E-state index in [0.717, 1.165) is 0 Å². The lowest BCUT2D eigenvalue weighted by Gasteiger charge is -2.48. The number of rotatable bonds is 14. The number of hydrogen-bond donors (Lipinski definition) is 16. The van der Waals surface area contributed by atoms with Crippen LogP contribution in [0.3, 0.4) is 0 Å². The fourth-order valence-electron chi connectivity index (χ4n) is 7.38. The summed E-state index contributed by atoms with van der Waals surface area (Å²) in [5, 5.41) is 167. The van der Waals surface area contributed by atoms with Gasteiger partial charge in [0, 0.05) is 0 Å². The molecule has 5 aliphatic rings. The van der Waals surface area contributed by atoms with E-state index in [0.29, 0.717) is 0 Å². The third-order valence-electron chi connectivity index (χ3n) is 11.0. The van der Waals surface area contributed by atoms with Gasteiger partial charge in [-0.15, -0.1) is 0 Å². The molecule has 25 nitrogen and oxygen atoms in total. The summed E-state index contributed by atoms with van der Waals surface area (Å²) in [7, 11) is 0. The Hall–Kier alpha value is -1.00. The highest BCUT2D eigenvalue weighted by molar-refractivity contribution is 4.98. The quantitative estimate of drug-likeness (QED) is 0.0771. The van der Waals surface area contributed by atoms with Crippen molar-refractivity contribution in [3.05, 3.63) is 0 Å². The van der Waals surface area contributed by atoms with Crippen molar-refractivity contribution in [2.24, 2.45) is 5.92 Å². The maximum absolute atomic E-state index is 11.2. The molecule has 0 aromatic heterocycles. The van der Waals surface area contributed by atoms with Crippen molar-refractivity contribution in [1.82, 2.24) is 0 Å². The maximum atomic E-state index is 11.2. The van der Waals surface area contributed by atoms with Gasteiger partial charge in [0.1, 0.15) is 122 Å². The summed E-state index contributed by atoms with van der Waals surface area (Å²) in [6, 6.07) is 0. The summed E-state index contributed by atoms with van der Waals surface area (Å²) in [6.45, 7) is -0.544. The van der Waals surface area contributed by atoms with Gasteiger partial charge in [-0.2, -0.15) is 0 Å². The number of ether oxygens (including phenoxy) is 9. The molecule has 0 spiro atoms. The molecule has 16 N–H and O–H groups in total. The van der Waals surface area contributed by atoms with Gasteiger partial charge in [0.05, 0.1) is 39.1 Å². The molecule has 0 saturated carbocycles. The standard InChI is InChI=1S/C33H58O25/c1-8(2)27-24(47)19(42)17(40)12(52-27)6-50-30-25(48)21(44)18(41)13(56-30)7-51-32-28(22(45)15(38)10(4-35)54-32)58-33-29(23(46)16(39)11(5-36)55-33)57-31-26(49)20(43)14(37)9(3-34)53-31/h8-49H,3-7H2,1-2H3/t9?,10?,11?,12?,13?,14-,15-,16-,17-,18-,19+,20+,21+,22+,23+,24?,25?,26?,27-,28?,29?,30+,31-,32+,33-/m1/s1. The molecule has 0 aromatic rings. The van der Waals surface area contributed by atoms with Crippen LogP contribution in [0.4, 0.5) is 0 Å². The molecule has 5 rings (SSSR count). The first kappa shape index (κ1) is 48.0. The van der Waals surface area contributed by atoms with Gasteiger partial charge in [-0.1, -0.05) is 13.8 Å². The minimum Gasteiger partial charge on any atom is -0.394 e. The van der Waals surface area contributed by atoms with Crippen LogP contribution in [0.2, 0.25) is 0 Å². The van der Waals surface area contributed by atoms with Crippen LogP contribution in [-0.4, -0.2) is 268 Å². The van der Waals surface area contributed by atoms with Crippen molar-refractivity contribution >= 4 is 0 Å². The smallest absolute Gasteiger partial charge is 0.187 e. The van der Waals surface area contributed by atoms with Gasteiger partial charge in [0.15, 0.2) is 25.2 Å². The Morgan fingerprint density at radius 3 is 1.21 bits per heavy atom. The van der Waals surface area contributed by atoms with Gasteiger partial charge < -0.3 is 124 Å². The summed E-state index contributed by atoms with van der Waals surface area (Å²) in [4.78, 5) is 0. The van der Waals surface area contributed by atoms with Crippen molar-refractivity contribution in [2.45, 2.75) is 167 Å². The molecule has 5 aliphatic heterocycles. The minimum atomic E-state index is -2.03. The van der Waals surface area contributed by atoms with E-state index in [1.165, 1.54) is 0 Å². The topological polar surface area (TPSA) is 407 Å². The largest absolute Gasteiger partial charge is 0.394 e. The molecule has 5 saturated heterocycles.